The molecule has 0 bridgehead atoms. The van der Waals surface area contributed by atoms with Gasteiger partial charge in [-0.1, -0.05) is 0 Å². The van der Waals surface area contributed by atoms with Crippen molar-refractivity contribution in [1.82, 2.24) is 24.5 Å². The van der Waals surface area contributed by atoms with E-state index in [1.165, 1.54) is 0 Å². The number of amides is 1. The van der Waals surface area contributed by atoms with E-state index in [-0.39, 0.29) is 17.5 Å². The summed E-state index contributed by atoms with van der Waals surface area (Å²) in [6.07, 6.45) is 3.41. The first-order chi connectivity index (χ1) is 15.5. The average Bonchev–Trinajstić information content (AvgIpc) is 3.44. The van der Waals surface area contributed by atoms with Gasteiger partial charge in [-0.15, -0.1) is 0 Å². The molecule has 32 heavy (non-hydrogen) atoms. The maximum absolute atomic E-state index is 13.4. The van der Waals surface area contributed by atoms with Gasteiger partial charge in [0.25, 0.3) is 11.5 Å². The number of aromatic amines is 1. The molecule has 1 aliphatic heterocycles. The standard InChI is InChI=1S/C24H23N5O3/c1-15-14-22-25-12-11-21(29(22)27-15)20-4-3-13-28(20)24(31)18-9-10-19(26-23(18)30)16-5-7-17(32-2)8-6-16/h5-12,14,20H,3-4,13H2,1-2H3,(H,26,30). The van der Waals surface area contributed by atoms with Crippen molar-refractivity contribution >= 4 is 11.6 Å². The van der Waals surface area contributed by atoms with E-state index in [9.17, 15) is 9.59 Å². The molecule has 0 aliphatic carbocycles. The number of methoxy groups -OCH3 is 1. The lowest BCUT2D eigenvalue weighted by Gasteiger charge is -2.25. The van der Waals surface area contributed by atoms with Crippen molar-refractivity contribution in [2.45, 2.75) is 25.8 Å². The van der Waals surface area contributed by atoms with Crippen LogP contribution in [0.4, 0.5) is 0 Å². The first-order valence-electron chi connectivity index (χ1n) is 10.5. The molecular formula is C24H23N5O3. The molecule has 1 saturated heterocycles. The van der Waals surface area contributed by atoms with Crippen molar-refractivity contribution in [2.24, 2.45) is 0 Å². The van der Waals surface area contributed by atoms with Gasteiger partial charge in [-0.3, -0.25) is 9.59 Å². The second-order valence-corrected chi connectivity index (χ2v) is 7.93. The quantitative estimate of drug-likeness (QED) is 0.537. The van der Waals surface area contributed by atoms with E-state index in [4.69, 9.17) is 4.74 Å². The predicted molar refractivity (Wildman–Crippen MR) is 120 cm³/mol. The number of H-pyrrole nitrogens is 1. The monoisotopic (exact) mass is 429 g/mol. The number of aromatic nitrogens is 4. The smallest absolute Gasteiger partial charge is 0.261 e. The van der Waals surface area contributed by atoms with Gasteiger partial charge in [-0.2, -0.15) is 5.10 Å². The number of nitrogens with one attached hydrogen (secondary N) is 1. The molecule has 1 N–H and O–H groups in total. The molecule has 3 aromatic heterocycles. The third-order valence-corrected chi connectivity index (χ3v) is 5.91. The van der Waals surface area contributed by atoms with Crippen LogP contribution in [-0.2, 0) is 0 Å². The summed E-state index contributed by atoms with van der Waals surface area (Å²) < 4.78 is 6.97. The van der Waals surface area contributed by atoms with E-state index in [0.29, 0.717) is 12.2 Å². The second-order valence-electron chi connectivity index (χ2n) is 7.93. The number of hydrogen-bond acceptors (Lipinski definition) is 5. The lowest BCUT2D eigenvalue weighted by Crippen LogP contribution is -2.35. The van der Waals surface area contributed by atoms with Crippen LogP contribution in [-0.4, -0.2) is 44.0 Å². The van der Waals surface area contributed by atoms with E-state index in [2.05, 4.69) is 15.1 Å². The molecule has 0 saturated carbocycles. The molecule has 8 heteroatoms. The number of pyridine rings is 1. The Balaban J connectivity index is 1.45. The lowest BCUT2D eigenvalue weighted by molar-refractivity contribution is 0.0729. The van der Waals surface area contributed by atoms with Gasteiger partial charge < -0.3 is 14.6 Å². The summed E-state index contributed by atoms with van der Waals surface area (Å²) in [5.74, 6) is 0.462. The van der Waals surface area contributed by atoms with Crippen molar-refractivity contribution in [3.05, 3.63) is 82.0 Å². The van der Waals surface area contributed by atoms with Crippen molar-refractivity contribution in [1.29, 1.82) is 0 Å². The molecule has 1 fully saturated rings. The molecule has 4 heterocycles. The zero-order valence-corrected chi connectivity index (χ0v) is 17.9. The van der Waals surface area contributed by atoms with E-state index < -0.39 is 5.56 Å². The molecule has 162 valence electrons. The highest BCUT2D eigenvalue weighted by Gasteiger charge is 2.33. The zero-order valence-electron chi connectivity index (χ0n) is 17.9. The fourth-order valence-electron chi connectivity index (χ4n) is 4.33. The minimum atomic E-state index is -0.399. The van der Waals surface area contributed by atoms with Crippen molar-refractivity contribution < 1.29 is 9.53 Å². The molecule has 1 aliphatic rings. The van der Waals surface area contributed by atoms with Gasteiger partial charge in [-0.05, 0) is 67.8 Å². The number of rotatable bonds is 4. The van der Waals surface area contributed by atoms with Gasteiger partial charge in [0.2, 0.25) is 0 Å². The Morgan fingerprint density at radius 1 is 1.16 bits per heavy atom. The van der Waals surface area contributed by atoms with Crippen molar-refractivity contribution in [3.8, 4) is 17.0 Å². The summed E-state index contributed by atoms with van der Waals surface area (Å²) in [4.78, 5) is 35.2. The summed E-state index contributed by atoms with van der Waals surface area (Å²) in [6.45, 7) is 2.51. The van der Waals surface area contributed by atoms with Gasteiger partial charge >= 0.3 is 0 Å². The molecule has 8 nitrogen and oxygen atoms in total. The number of hydrogen-bond donors (Lipinski definition) is 1. The zero-order chi connectivity index (χ0) is 22.2. The van der Waals surface area contributed by atoms with Gasteiger partial charge in [0.05, 0.1) is 24.5 Å². The first kappa shape index (κ1) is 20.0. The SMILES string of the molecule is COc1ccc(-c2ccc(C(=O)N3CCCC3c3ccnc4cc(C)nn34)c(=O)[nH]2)cc1. The average molecular weight is 429 g/mol. The number of carbonyl (C=O) groups is 1. The Hall–Kier alpha value is -3.94. The van der Waals surface area contributed by atoms with Crippen LogP contribution in [0.3, 0.4) is 0 Å². The van der Waals surface area contributed by atoms with E-state index >= 15 is 0 Å². The highest BCUT2D eigenvalue weighted by Crippen LogP contribution is 2.33. The topological polar surface area (TPSA) is 92.6 Å². The number of fused-ring (bicyclic) bond motifs is 1. The number of carbonyl (C=O) groups excluding carboxylic acids is 1. The maximum Gasteiger partial charge on any atom is 0.261 e. The van der Waals surface area contributed by atoms with Crippen LogP contribution in [0.2, 0.25) is 0 Å². The van der Waals surface area contributed by atoms with Gasteiger partial charge in [0.15, 0.2) is 5.65 Å². The number of nitrogens with zero attached hydrogens (tertiary/aromatic N) is 4. The van der Waals surface area contributed by atoms with Crippen LogP contribution in [0.1, 0.15) is 40.6 Å². The van der Waals surface area contributed by atoms with Gasteiger partial charge in [0.1, 0.15) is 11.3 Å². The largest absolute Gasteiger partial charge is 0.497 e. The number of ether oxygens (including phenoxy) is 1. The molecule has 4 aromatic rings. The van der Waals surface area contributed by atoms with Gasteiger partial charge in [-0.25, -0.2) is 9.50 Å². The maximum atomic E-state index is 13.4. The highest BCUT2D eigenvalue weighted by atomic mass is 16.5. The Kier molecular flexibility index (Phi) is 4.97. The minimum absolute atomic E-state index is 0.135. The van der Waals surface area contributed by atoms with Crippen molar-refractivity contribution in [3.63, 3.8) is 0 Å². The normalized spacial score (nSPS) is 15.9. The summed E-state index contributed by atoms with van der Waals surface area (Å²) in [7, 11) is 1.60. The lowest BCUT2D eigenvalue weighted by atomic mass is 10.1. The molecule has 0 spiro atoms. The number of likely N-dealkylation sites (tertiary alicyclic amines) is 1. The predicted octanol–water partition coefficient (Wildman–Crippen LogP) is 3.38. The molecule has 1 amide bonds. The third kappa shape index (κ3) is 3.43. The summed E-state index contributed by atoms with van der Waals surface area (Å²) >= 11 is 0. The third-order valence-electron chi connectivity index (χ3n) is 5.91. The summed E-state index contributed by atoms with van der Waals surface area (Å²) in [5.41, 5.74) is 3.75. The molecular weight excluding hydrogens is 406 g/mol. The Bertz CT molecular complexity index is 1360. The van der Waals surface area contributed by atoms with Crippen LogP contribution < -0.4 is 10.3 Å². The number of aryl methyl sites for hydroxylation is 1. The summed E-state index contributed by atoms with van der Waals surface area (Å²) in [5, 5.41) is 4.54. The van der Waals surface area contributed by atoms with Crippen LogP contribution in [0.15, 0.2) is 59.5 Å². The minimum Gasteiger partial charge on any atom is -0.497 e. The Morgan fingerprint density at radius 3 is 2.72 bits per heavy atom. The molecule has 0 radical (unpaired) electrons. The van der Waals surface area contributed by atoms with Crippen LogP contribution in [0.5, 0.6) is 5.75 Å². The van der Waals surface area contributed by atoms with E-state index in [0.717, 1.165) is 41.2 Å². The molecule has 1 aromatic carbocycles. The van der Waals surface area contributed by atoms with Crippen LogP contribution >= 0.6 is 0 Å². The van der Waals surface area contributed by atoms with E-state index in [1.807, 2.05) is 43.3 Å². The summed E-state index contributed by atoms with van der Waals surface area (Å²) in [6, 6.07) is 14.4. The van der Waals surface area contributed by atoms with Gasteiger partial charge in [0, 0.05) is 24.5 Å². The Labute approximate surface area is 184 Å². The number of benzene rings is 1. The van der Waals surface area contributed by atoms with Crippen LogP contribution in [0.25, 0.3) is 16.9 Å². The Morgan fingerprint density at radius 2 is 1.97 bits per heavy atom. The first-order valence-corrected chi connectivity index (χ1v) is 10.5. The van der Waals surface area contributed by atoms with Crippen molar-refractivity contribution in [2.75, 3.05) is 13.7 Å². The van der Waals surface area contributed by atoms with E-state index in [1.54, 1.807) is 34.9 Å². The second kappa shape index (κ2) is 7.96. The molecule has 1 atom stereocenters. The highest BCUT2D eigenvalue weighted by molar-refractivity contribution is 5.94. The fourth-order valence-corrected chi connectivity index (χ4v) is 4.33. The molecule has 1 unspecified atom stereocenters. The molecule has 5 rings (SSSR count). The fraction of sp³-hybridized carbons (Fsp3) is 0.250. The van der Waals surface area contributed by atoms with Crippen LogP contribution in [0, 0.1) is 6.92 Å².